The van der Waals surface area contributed by atoms with Gasteiger partial charge in [0, 0.05) is 11.8 Å². The lowest BCUT2D eigenvalue weighted by Crippen LogP contribution is -2.34. The molecule has 2 rings (SSSR count). The van der Waals surface area contributed by atoms with Crippen LogP contribution in [0.15, 0.2) is 24.3 Å². The molecule has 0 aliphatic carbocycles. The van der Waals surface area contributed by atoms with Crippen LogP contribution in [0, 0.1) is 0 Å². The Morgan fingerprint density at radius 1 is 0.556 bits per heavy atom. The first-order valence-corrected chi connectivity index (χ1v) is 16.9. The van der Waals surface area contributed by atoms with Crippen LogP contribution in [0.4, 0.5) is 0 Å². The molecule has 0 bridgehead atoms. The zero-order chi connectivity index (χ0) is 35.0. The molecule has 0 radical (unpaired) electrons. The number of thioether (sulfide) groups is 1. The fourth-order valence-corrected chi connectivity index (χ4v) is 6.83. The Hall–Kier alpha value is -2.35. The zero-order valence-electron chi connectivity index (χ0n) is 30.0. The minimum atomic E-state index is -0.937. The van der Waals surface area contributed by atoms with Crippen LogP contribution >= 0.6 is 11.8 Å². The Kier molecular flexibility index (Phi) is 11.9. The molecule has 45 heavy (non-hydrogen) atoms. The first kappa shape index (κ1) is 38.8. The fourth-order valence-electron chi connectivity index (χ4n) is 5.59. The highest BCUT2D eigenvalue weighted by atomic mass is 32.2. The van der Waals surface area contributed by atoms with E-state index in [1.165, 1.54) is 0 Å². The number of hydrogen-bond donors (Lipinski definition) is 4. The summed E-state index contributed by atoms with van der Waals surface area (Å²) in [6, 6.07) is 7.47. The SMILES string of the molecule is CC(C(=O)C(CO)SC(CO)C(=O)C(C)c1cc(C(C)(C)C)c(O)c(C(C)(C)C)c1)c1cc(C(C)(C)C)c(O)c(C(C)(C)C)c1. The summed E-state index contributed by atoms with van der Waals surface area (Å²) in [5.41, 5.74) is 2.97. The Bertz CT molecular complexity index is 1210. The van der Waals surface area contributed by atoms with Gasteiger partial charge in [0.25, 0.3) is 0 Å². The summed E-state index contributed by atoms with van der Waals surface area (Å²) in [6.07, 6.45) is 0. The number of aliphatic hydroxyl groups is 2. The molecule has 4 atom stereocenters. The summed E-state index contributed by atoms with van der Waals surface area (Å²) in [5.74, 6) is -1.28. The Morgan fingerprint density at radius 2 is 0.778 bits per heavy atom. The second-order valence-corrected chi connectivity index (χ2v) is 18.1. The van der Waals surface area contributed by atoms with E-state index in [4.69, 9.17) is 0 Å². The summed E-state index contributed by atoms with van der Waals surface area (Å²) < 4.78 is 0. The Morgan fingerprint density at radius 3 is 0.956 bits per heavy atom. The highest BCUT2D eigenvalue weighted by molar-refractivity contribution is 8.02. The number of aromatic hydroxyl groups is 2. The topological polar surface area (TPSA) is 115 Å². The largest absolute Gasteiger partial charge is 0.507 e. The highest BCUT2D eigenvalue weighted by Crippen LogP contribution is 2.43. The number of aliphatic hydroxyl groups excluding tert-OH is 2. The van der Waals surface area contributed by atoms with Crippen molar-refractivity contribution in [2.75, 3.05) is 13.2 Å². The standard InChI is InChI=1S/C38H58O6S/c1-21(23-15-25(35(3,4)5)33(43)26(16-23)36(6,7)8)31(41)29(19-39)45-30(20-40)32(42)22(2)24-17-27(37(9,10)11)34(44)28(18-24)38(12,13)14/h15-18,21-22,29-30,39-40,43-44H,19-20H2,1-14H3. The number of rotatable bonds is 10. The van der Waals surface area contributed by atoms with Gasteiger partial charge < -0.3 is 20.4 Å². The van der Waals surface area contributed by atoms with Crippen molar-refractivity contribution < 1.29 is 30.0 Å². The number of hydrogen-bond acceptors (Lipinski definition) is 7. The van der Waals surface area contributed by atoms with Gasteiger partial charge >= 0.3 is 0 Å². The lowest BCUT2D eigenvalue weighted by molar-refractivity contribution is -0.120. The summed E-state index contributed by atoms with van der Waals surface area (Å²) in [7, 11) is 0. The lowest BCUT2D eigenvalue weighted by atomic mass is 9.76. The van der Waals surface area contributed by atoms with Gasteiger partial charge in [-0.15, -0.1) is 11.8 Å². The molecule has 0 saturated heterocycles. The quantitative estimate of drug-likeness (QED) is 0.209. The third-order valence-electron chi connectivity index (χ3n) is 8.64. The molecule has 0 amide bonds. The molecule has 0 aliphatic heterocycles. The molecule has 7 heteroatoms. The summed E-state index contributed by atoms with van der Waals surface area (Å²) in [4.78, 5) is 27.8. The third kappa shape index (κ3) is 8.93. The molecule has 252 valence electrons. The van der Waals surface area contributed by atoms with Crippen molar-refractivity contribution in [3.8, 4) is 11.5 Å². The van der Waals surface area contributed by atoms with Crippen molar-refractivity contribution in [2.24, 2.45) is 0 Å². The maximum atomic E-state index is 13.9. The highest BCUT2D eigenvalue weighted by Gasteiger charge is 2.36. The van der Waals surface area contributed by atoms with E-state index in [1.807, 2.05) is 107 Å². The van der Waals surface area contributed by atoms with Gasteiger partial charge in [-0.3, -0.25) is 9.59 Å². The van der Waals surface area contributed by atoms with Crippen LogP contribution in [0.5, 0.6) is 11.5 Å². The maximum absolute atomic E-state index is 13.9. The van der Waals surface area contributed by atoms with Crippen LogP contribution in [-0.4, -0.2) is 55.7 Å². The molecule has 0 fully saturated rings. The predicted octanol–water partition coefficient (Wildman–Crippen LogP) is 7.79. The molecule has 0 heterocycles. The van der Waals surface area contributed by atoms with Gasteiger partial charge in [0.15, 0.2) is 11.6 Å². The number of phenolic OH excluding ortho intramolecular Hbond substituents is 2. The van der Waals surface area contributed by atoms with Crippen molar-refractivity contribution in [2.45, 2.75) is 141 Å². The third-order valence-corrected chi connectivity index (χ3v) is 10.1. The Balaban J connectivity index is 2.48. The van der Waals surface area contributed by atoms with Gasteiger partial charge in [-0.2, -0.15) is 0 Å². The van der Waals surface area contributed by atoms with E-state index >= 15 is 0 Å². The van der Waals surface area contributed by atoms with Gasteiger partial charge in [-0.1, -0.05) is 121 Å². The zero-order valence-corrected chi connectivity index (χ0v) is 30.9. The number of Topliss-reactive ketones (excluding diaryl/α,β-unsaturated/α-hetero) is 2. The molecule has 0 saturated carbocycles. The predicted molar refractivity (Wildman–Crippen MR) is 187 cm³/mol. The van der Waals surface area contributed by atoms with Gasteiger partial charge in [0.2, 0.25) is 0 Å². The van der Waals surface area contributed by atoms with E-state index < -0.39 is 35.5 Å². The van der Waals surface area contributed by atoms with Crippen molar-refractivity contribution in [3.63, 3.8) is 0 Å². The number of phenols is 2. The monoisotopic (exact) mass is 642 g/mol. The van der Waals surface area contributed by atoms with Crippen molar-refractivity contribution in [1.29, 1.82) is 0 Å². The van der Waals surface area contributed by atoms with E-state index in [-0.39, 0.29) is 44.7 Å². The van der Waals surface area contributed by atoms with Gasteiger partial charge in [-0.05, 0) is 55.0 Å². The normalized spacial score (nSPS) is 15.8. The molecule has 0 aromatic heterocycles. The maximum Gasteiger partial charge on any atom is 0.155 e. The second-order valence-electron chi connectivity index (χ2n) is 16.7. The Labute approximate surface area is 276 Å². The minimum Gasteiger partial charge on any atom is -0.507 e. The van der Waals surface area contributed by atoms with Crippen LogP contribution < -0.4 is 0 Å². The van der Waals surface area contributed by atoms with Crippen LogP contribution in [0.1, 0.15) is 142 Å². The summed E-state index contributed by atoms with van der Waals surface area (Å²) >= 11 is 0.999. The van der Waals surface area contributed by atoms with Gasteiger partial charge in [0.1, 0.15) is 11.5 Å². The summed E-state index contributed by atoms with van der Waals surface area (Å²) in [5, 5.41) is 41.2. The average Bonchev–Trinajstić information content (AvgIpc) is 2.89. The lowest BCUT2D eigenvalue weighted by Gasteiger charge is -2.30. The molecule has 0 aliphatic rings. The molecule has 2 aromatic rings. The molecule has 2 aromatic carbocycles. The number of carbonyl (C=O) groups is 2. The molecule has 4 N–H and O–H groups in total. The molecule has 0 spiro atoms. The number of carbonyl (C=O) groups excluding carboxylic acids is 2. The van der Waals surface area contributed by atoms with E-state index in [2.05, 4.69) is 0 Å². The first-order valence-electron chi connectivity index (χ1n) is 16.0. The summed E-state index contributed by atoms with van der Waals surface area (Å²) in [6.45, 7) is 26.8. The molecular formula is C38H58O6S. The van der Waals surface area contributed by atoms with Crippen LogP contribution in [0.2, 0.25) is 0 Å². The first-order chi connectivity index (χ1) is 20.3. The minimum absolute atomic E-state index is 0.227. The van der Waals surface area contributed by atoms with Crippen molar-refractivity contribution in [1.82, 2.24) is 0 Å². The van der Waals surface area contributed by atoms with E-state index in [0.717, 1.165) is 45.1 Å². The van der Waals surface area contributed by atoms with Gasteiger partial charge in [-0.25, -0.2) is 0 Å². The molecule has 4 unspecified atom stereocenters. The number of benzene rings is 2. The smallest absolute Gasteiger partial charge is 0.155 e. The van der Waals surface area contributed by atoms with E-state index in [9.17, 15) is 30.0 Å². The number of ketones is 2. The van der Waals surface area contributed by atoms with E-state index in [0.29, 0.717) is 0 Å². The van der Waals surface area contributed by atoms with Crippen molar-refractivity contribution in [3.05, 3.63) is 57.6 Å². The van der Waals surface area contributed by atoms with Gasteiger partial charge in [0.05, 0.1) is 23.7 Å². The second kappa shape index (κ2) is 13.8. The van der Waals surface area contributed by atoms with Crippen LogP contribution in [-0.2, 0) is 31.2 Å². The average molecular weight is 643 g/mol. The fraction of sp³-hybridized carbons (Fsp3) is 0.632. The van der Waals surface area contributed by atoms with E-state index in [1.54, 1.807) is 13.8 Å². The molecule has 6 nitrogen and oxygen atoms in total. The van der Waals surface area contributed by atoms with Crippen LogP contribution in [0.3, 0.4) is 0 Å². The molecular weight excluding hydrogens is 584 g/mol. The van der Waals surface area contributed by atoms with Crippen molar-refractivity contribution >= 4 is 23.3 Å². The van der Waals surface area contributed by atoms with Crippen LogP contribution in [0.25, 0.3) is 0 Å².